The Morgan fingerprint density at radius 3 is 2.73 bits per heavy atom. The number of halogens is 1. The Kier molecular flexibility index (Phi) is 6.58. The average molecular weight is 364 g/mol. The van der Waals surface area contributed by atoms with Gasteiger partial charge in [0.25, 0.3) is 0 Å². The molecule has 0 aromatic heterocycles. The molecule has 1 saturated heterocycles. The summed E-state index contributed by atoms with van der Waals surface area (Å²) >= 11 is 0. The quantitative estimate of drug-likeness (QED) is 0.843. The highest BCUT2D eigenvalue weighted by atomic mass is 19.1. The molecule has 0 radical (unpaired) electrons. The van der Waals surface area contributed by atoms with Gasteiger partial charge in [-0.25, -0.2) is 9.18 Å². The highest BCUT2D eigenvalue weighted by Gasteiger charge is 2.32. The minimum atomic E-state index is -0.478. The predicted octanol–water partition coefficient (Wildman–Crippen LogP) is 2.51. The molecular formula is C19H29FN4O2. The first kappa shape index (κ1) is 20.2. The van der Waals surface area contributed by atoms with Crippen LogP contribution in [0.5, 0.6) is 0 Å². The van der Waals surface area contributed by atoms with Gasteiger partial charge in [-0.2, -0.15) is 0 Å². The van der Waals surface area contributed by atoms with Crippen LogP contribution in [0.2, 0.25) is 0 Å². The Hall–Kier alpha value is -2.15. The smallest absolute Gasteiger partial charge is 0.321 e. The minimum Gasteiger partial charge on any atom is -0.345 e. The zero-order chi connectivity index (χ0) is 19.3. The van der Waals surface area contributed by atoms with Gasteiger partial charge in [-0.1, -0.05) is 26.0 Å². The second-order valence-electron chi connectivity index (χ2n) is 7.76. The molecule has 1 unspecified atom stereocenters. The van der Waals surface area contributed by atoms with Crippen LogP contribution in [0.15, 0.2) is 24.3 Å². The summed E-state index contributed by atoms with van der Waals surface area (Å²) in [5.74, 6) is -0.696. The number of para-hydroxylation sites is 1. The molecule has 1 fully saturated rings. The third kappa shape index (κ3) is 5.17. The lowest BCUT2D eigenvalue weighted by atomic mass is 9.91. The molecule has 3 amide bonds. The molecule has 6 nitrogen and oxygen atoms in total. The second-order valence-corrected chi connectivity index (χ2v) is 7.76. The number of hydrogen-bond acceptors (Lipinski definition) is 3. The van der Waals surface area contributed by atoms with Crippen molar-refractivity contribution in [2.24, 2.45) is 17.1 Å². The Labute approximate surface area is 154 Å². The fourth-order valence-corrected chi connectivity index (χ4v) is 3.22. The molecule has 2 rings (SSSR count). The van der Waals surface area contributed by atoms with E-state index in [9.17, 15) is 14.0 Å². The van der Waals surface area contributed by atoms with Crippen LogP contribution in [0.1, 0.15) is 26.7 Å². The van der Waals surface area contributed by atoms with E-state index in [0.717, 1.165) is 12.8 Å². The standard InChI is InChI=1S/C19H29FN4O2/c1-19(2,12-21)13-23(3)17(25)14-7-6-10-24(11-14)18(26)22-16-9-5-4-8-15(16)20/h4-5,8-9,14H,6-7,10-13,21H2,1-3H3,(H,22,26). The van der Waals surface area contributed by atoms with E-state index in [1.165, 1.54) is 12.1 Å². The summed E-state index contributed by atoms with van der Waals surface area (Å²) in [5.41, 5.74) is 5.74. The summed E-state index contributed by atoms with van der Waals surface area (Å²) in [5, 5.41) is 2.59. The number of urea groups is 1. The van der Waals surface area contributed by atoms with Crippen LogP contribution < -0.4 is 11.1 Å². The van der Waals surface area contributed by atoms with Crippen LogP contribution in [-0.2, 0) is 4.79 Å². The maximum absolute atomic E-state index is 13.7. The highest BCUT2D eigenvalue weighted by molar-refractivity contribution is 5.90. The number of nitrogens with one attached hydrogen (secondary N) is 1. The highest BCUT2D eigenvalue weighted by Crippen LogP contribution is 2.22. The maximum Gasteiger partial charge on any atom is 0.321 e. The molecule has 1 heterocycles. The fraction of sp³-hybridized carbons (Fsp3) is 0.579. The van der Waals surface area contributed by atoms with Gasteiger partial charge in [-0.05, 0) is 36.9 Å². The van der Waals surface area contributed by atoms with Gasteiger partial charge in [0.15, 0.2) is 0 Å². The summed E-state index contributed by atoms with van der Waals surface area (Å²) in [7, 11) is 1.78. The third-order valence-electron chi connectivity index (χ3n) is 4.77. The number of anilines is 1. The Morgan fingerprint density at radius 2 is 2.08 bits per heavy atom. The van der Waals surface area contributed by atoms with Crippen molar-refractivity contribution >= 4 is 17.6 Å². The fourth-order valence-electron chi connectivity index (χ4n) is 3.22. The van der Waals surface area contributed by atoms with Crippen molar-refractivity contribution in [1.29, 1.82) is 0 Å². The van der Waals surface area contributed by atoms with Crippen molar-refractivity contribution in [1.82, 2.24) is 9.80 Å². The van der Waals surface area contributed by atoms with E-state index in [2.05, 4.69) is 5.32 Å². The number of hydrogen-bond donors (Lipinski definition) is 2. The number of carbonyl (C=O) groups excluding carboxylic acids is 2. The zero-order valence-corrected chi connectivity index (χ0v) is 15.8. The molecule has 0 saturated carbocycles. The molecule has 0 aliphatic carbocycles. The Balaban J connectivity index is 1.96. The van der Waals surface area contributed by atoms with Gasteiger partial charge >= 0.3 is 6.03 Å². The number of nitrogens with two attached hydrogens (primary N) is 1. The van der Waals surface area contributed by atoms with Crippen LogP contribution in [0.4, 0.5) is 14.9 Å². The maximum atomic E-state index is 13.7. The van der Waals surface area contributed by atoms with Crippen LogP contribution in [-0.4, -0.2) is 55.0 Å². The summed E-state index contributed by atoms with van der Waals surface area (Å²) < 4.78 is 13.7. The van der Waals surface area contributed by atoms with Gasteiger partial charge < -0.3 is 20.9 Å². The minimum absolute atomic E-state index is 0.0231. The SMILES string of the molecule is CN(CC(C)(C)CN)C(=O)C1CCCN(C(=O)Nc2ccccc2F)C1. The van der Waals surface area contributed by atoms with Crippen molar-refractivity contribution in [2.75, 3.05) is 38.5 Å². The number of likely N-dealkylation sites (tertiary alicyclic amines) is 1. The summed E-state index contributed by atoms with van der Waals surface area (Å²) in [6.07, 6.45) is 1.49. The largest absolute Gasteiger partial charge is 0.345 e. The third-order valence-corrected chi connectivity index (χ3v) is 4.77. The number of carbonyl (C=O) groups is 2. The van der Waals surface area contributed by atoms with E-state index < -0.39 is 5.82 Å². The molecule has 1 aromatic rings. The van der Waals surface area contributed by atoms with Gasteiger partial charge in [-0.3, -0.25) is 4.79 Å². The molecular weight excluding hydrogens is 335 g/mol. The number of piperidine rings is 1. The van der Waals surface area contributed by atoms with E-state index in [0.29, 0.717) is 26.2 Å². The van der Waals surface area contributed by atoms with Crippen LogP contribution >= 0.6 is 0 Å². The van der Waals surface area contributed by atoms with E-state index in [-0.39, 0.29) is 29.0 Å². The molecule has 1 atom stereocenters. The monoisotopic (exact) mass is 364 g/mol. The number of amides is 3. The molecule has 26 heavy (non-hydrogen) atoms. The Bertz CT molecular complexity index is 650. The van der Waals surface area contributed by atoms with Gasteiger partial charge in [-0.15, -0.1) is 0 Å². The zero-order valence-electron chi connectivity index (χ0n) is 15.8. The molecule has 0 spiro atoms. The van der Waals surface area contributed by atoms with Crippen LogP contribution in [0.25, 0.3) is 0 Å². The van der Waals surface area contributed by atoms with Crippen molar-refractivity contribution in [3.05, 3.63) is 30.1 Å². The van der Waals surface area contributed by atoms with E-state index in [1.807, 2.05) is 13.8 Å². The first-order chi connectivity index (χ1) is 12.2. The Morgan fingerprint density at radius 1 is 1.38 bits per heavy atom. The summed E-state index contributed by atoms with van der Waals surface area (Å²) in [6, 6.07) is 5.67. The van der Waals surface area contributed by atoms with Gasteiger partial charge in [0.1, 0.15) is 5.82 Å². The van der Waals surface area contributed by atoms with Crippen molar-refractivity contribution < 1.29 is 14.0 Å². The molecule has 144 valence electrons. The number of nitrogens with zero attached hydrogens (tertiary/aromatic N) is 2. The molecule has 0 bridgehead atoms. The van der Waals surface area contributed by atoms with Gasteiger partial charge in [0, 0.05) is 26.7 Å². The second kappa shape index (κ2) is 8.49. The van der Waals surface area contributed by atoms with Crippen molar-refractivity contribution in [3.63, 3.8) is 0 Å². The first-order valence-electron chi connectivity index (χ1n) is 8.99. The van der Waals surface area contributed by atoms with E-state index >= 15 is 0 Å². The molecule has 1 aromatic carbocycles. The normalized spacial score (nSPS) is 17.7. The molecule has 1 aliphatic rings. The lowest BCUT2D eigenvalue weighted by molar-refractivity contribution is -0.136. The number of benzene rings is 1. The molecule has 1 aliphatic heterocycles. The summed E-state index contributed by atoms with van der Waals surface area (Å²) in [6.45, 7) is 6.00. The lowest BCUT2D eigenvalue weighted by Crippen LogP contribution is -2.49. The van der Waals surface area contributed by atoms with Crippen LogP contribution in [0, 0.1) is 17.2 Å². The van der Waals surface area contributed by atoms with Crippen molar-refractivity contribution in [3.8, 4) is 0 Å². The van der Waals surface area contributed by atoms with E-state index in [4.69, 9.17) is 5.73 Å². The number of rotatable bonds is 5. The van der Waals surface area contributed by atoms with E-state index in [1.54, 1.807) is 29.0 Å². The van der Waals surface area contributed by atoms with Gasteiger partial charge in [0.05, 0.1) is 11.6 Å². The average Bonchev–Trinajstić information content (AvgIpc) is 2.62. The topological polar surface area (TPSA) is 78.7 Å². The van der Waals surface area contributed by atoms with Crippen LogP contribution in [0.3, 0.4) is 0 Å². The van der Waals surface area contributed by atoms with Crippen molar-refractivity contribution in [2.45, 2.75) is 26.7 Å². The molecule has 3 N–H and O–H groups in total. The predicted molar refractivity (Wildman–Crippen MR) is 100 cm³/mol. The van der Waals surface area contributed by atoms with Gasteiger partial charge in [0.2, 0.25) is 5.91 Å². The summed E-state index contributed by atoms with van der Waals surface area (Å²) in [4.78, 5) is 28.5. The molecule has 7 heteroatoms. The first-order valence-corrected chi connectivity index (χ1v) is 8.99. The lowest BCUT2D eigenvalue weighted by Gasteiger charge is -2.36.